The first-order valence-electron chi connectivity index (χ1n) is 32.9. The molecule has 11 aromatic carbocycles. The van der Waals surface area contributed by atoms with E-state index in [0.29, 0.717) is 0 Å². The Labute approximate surface area is 533 Å². The van der Waals surface area contributed by atoms with Gasteiger partial charge in [-0.1, -0.05) is 246 Å². The van der Waals surface area contributed by atoms with Crippen molar-refractivity contribution in [3.63, 3.8) is 0 Å². The van der Waals surface area contributed by atoms with Gasteiger partial charge in [0.25, 0.3) is 6.71 Å². The SMILES string of the molecule is CC(C)(C)c1ccc(-c2ccc3c(c2)N(c2ccc(-c4ccc5c(c4)C(C)(C)CCC5(C)C)cc2)c2cc(-c4ccccc4)cc4c2B3c2ccc(-n3c5ccccc5c5ccccc53)cc2N4c2ccc(-c3ccc4c(c3)C(C)(C)CCC4(C)C)cc2)cc1. The minimum absolute atomic E-state index is 0.0450. The molecule has 0 atom stereocenters. The summed E-state index contributed by atoms with van der Waals surface area (Å²) in [6.07, 6.45) is 4.76. The van der Waals surface area contributed by atoms with Gasteiger partial charge >= 0.3 is 0 Å². The Bertz CT molecular complexity index is 4800. The first kappa shape index (κ1) is 56.1. The average Bonchev–Trinajstić information content (AvgIpc) is 0.789. The lowest BCUT2D eigenvalue weighted by Crippen LogP contribution is -2.61. The van der Waals surface area contributed by atoms with Crippen LogP contribution in [0.15, 0.2) is 237 Å². The van der Waals surface area contributed by atoms with Gasteiger partial charge in [0.2, 0.25) is 0 Å². The van der Waals surface area contributed by atoms with Crippen LogP contribution >= 0.6 is 0 Å². The number of hydrogen-bond acceptors (Lipinski definition) is 2. The minimum atomic E-state index is -0.0911. The maximum Gasteiger partial charge on any atom is 0.252 e. The van der Waals surface area contributed by atoms with E-state index in [1.165, 1.54) is 159 Å². The number of benzene rings is 11. The molecule has 0 N–H and O–H groups in total. The fourth-order valence-corrected chi connectivity index (χ4v) is 16.2. The van der Waals surface area contributed by atoms with E-state index >= 15 is 0 Å². The van der Waals surface area contributed by atoms with Crippen LogP contribution in [0.5, 0.6) is 0 Å². The summed E-state index contributed by atoms with van der Waals surface area (Å²) in [7, 11) is 0. The summed E-state index contributed by atoms with van der Waals surface area (Å²) in [6, 6.07) is 91.4. The van der Waals surface area contributed by atoms with E-state index in [2.05, 4.69) is 327 Å². The number of rotatable bonds is 7. The molecule has 0 saturated carbocycles. The molecule has 0 fully saturated rings. The largest absolute Gasteiger partial charge is 0.311 e. The van der Waals surface area contributed by atoms with E-state index in [4.69, 9.17) is 0 Å². The van der Waals surface area contributed by atoms with Crippen molar-refractivity contribution >= 4 is 79.0 Å². The summed E-state index contributed by atoms with van der Waals surface area (Å²) in [4.78, 5) is 5.21. The smallest absolute Gasteiger partial charge is 0.252 e. The van der Waals surface area contributed by atoms with Crippen molar-refractivity contribution in [2.75, 3.05) is 9.80 Å². The Hall–Kier alpha value is -9.12. The monoisotopic (exact) mass is 1170 g/mol. The van der Waals surface area contributed by atoms with Gasteiger partial charge in [-0.2, -0.15) is 0 Å². The number of anilines is 6. The van der Waals surface area contributed by atoms with Crippen LogP contribution in [0.2, 0.25) is 0 Å². The van der Waals surface area contributed by atoms with E-state index in [0.717, 1.165) is 17.1 Å². The normalized spacial score (nSPS) is 16.5. The summed E-state index contributed by atoms with van der Waals surface area (Å²) in [5, 5.41) is 2.51. The lowest BCUT2D eigenvalue weighted by Gasteiger charge is -2.44. The summed E-state index contributed by atoms with van der Waals surface area (Å²) in [6.45, 7) is 26.2. The number of para-hydroxylation sites is 2. The van der Waals surface area contributed by atoms with Gasteiger partial charge in [0.15, 0.2) is 0 Å². The van der Waals surface area contributed by atoms with Crippen molar-refractivity contribution in [2.24, 2.45) is 0 Å². The molecule has 0 amide bonds. The fraction of sp³-hybridized carbons (Fsp3) is 0.233. The van der Waals surface area contributed by atoms with Crippen LogP contribution < -0.4 is 26.2 Å². The van der Waals surface area contributed by atoms with Crippen molar-refractivity contribution in [3.8, 4) is 50.2 Å². The molecule has 0 bridgehead atoms. The van der Waals surface area contributed by atoms with Crippen molar-refractivity contribution < 1.29 is 0 Å². The highest BCUT2D eigenvalue weighted by Gasteiger charge is 2.45. The van der Waals surface area contributed by atoms with E-state index in [9.17, 15) is 0 Å². The summed E-state index contributed by atoms with van der Waals surface area (Å²) < 4.78 is 2.48. The van der Waals surface area contributed by atoms with Crippen LogP contribution in [0.3, 0.4) is 0 Å². The highest BCUT2D eigenvalue weighted by molar-refractivity contribution is 7.00. The molecule has 0 radical (unpaired) electrons. The lowest BCUT2D eigenvalue weighted by atomic mass is 9.33. The van der Waals surface area contributed by atoms with E-state index in [1.54, 1.807) is 0 Å². The van der Waals surface area contributed by atoms with Crippen LogP contribution in [-0.4, -0.2) is 11.3 Å². The van der Waals surface area contributed by atoms with Crippen molar-refractivity contribution in [1.29, 1.82) is 0 Å². The first-order valence-corrected chi connectivity index (χ1v) is 32.9. The maximum absolute atomic E-state index is 2.60. The number of aromatic nitrogens is 1. The first-order chi connectivity index (χ1) is 43.2. The molecule has 16 rings (SSSR count). The predicted octanol–water partition coefficient (Wildman–Crippen LogP) is 21.5. The molecule has 4 aliphatic rings. The zero-order chi connectivity index (χ0) is 61.8. The molecule has 0 spiro atoms. The summed E-state index contributed by atoms with van der Waals surface area (Å²) >= 11 is 0. The Kier molecular flexibility index (Phi) is 12.6. The van der Waals surface area contributed by atoms with Crippen LogP contribution in [-0.2, 0) is 27.1 Å². The Morgan fingerprint density at radius 2 is 0.678 bits per heavy atom. The van der Waals surface area contributed by atoms with Gasteiger partial charge in [0.05, 0.1) is 11.0 Å². The second-order valence-electron chi connectivity index (χ2n) is 30.3. The highest BCUT2D eigenvalue weighted by Crippen LogP contribution is 2.52. The van der Waals surface area contributed by atoms with Crippen LogP contribution in [0, 0.1) is 0 Å². The minimum Gasteiger partial charge on any atom is -0.311 e. The molecule has 3 nitrogen and oxygen atoms in total. The van der Waals surface area contributed by atoms with E-state index in [1.807, 2.05) is 0 Å². The van der Waals surface area contributed by atoms with E-state index < -0.39 is 0 Å². The second-order valence-corrected chi connectivity index (χ2v) is 30.3. The predicted molar refractivity (Wildman–Crippen MR) is 386 cm³/mol. The van der Waals surface area contributed by atoms with Crippen molar-refractivity contribution in [1.82, 2.24) is 4.57 Å². The van der Waals surface area contributed by atoms with E-state index in [-0.39, 0.29) is 33.8 Å². The molecule has 4 heteroatoms. The summed E-state index contributed by atoms with van der Waals surface area (Å²) in [5.74, 6) is 0. The molecule has 0 unspecified atom stereocenters. The standard InChI is InChI=1S/C86H80BN3/c1-82(2,3)63-34-25-56(26-35-63)61-33-43-73-77(51-61)88(64-36-27-57(28-37-64)59-31-41-69-71(49-59)85(8,9)47-45-83(69,4)5)79-52-62(55-19-13-12-14-20-55)53-80-81(79)87(73)74-44-40-66(90-75-23-17-15-21-67(75)68-22-16-18-24-76(68)90)54-78(74)89(80)65-38-29-58(30-39-65)60-32-42-70-72(50-60)86(10,11)48-46-84(70,6)7/h12-44,49-54H,45-48H2,1-11H3. The third-order valence-electron chi connectivity index (χ3n) is 21.7. The molecule has 12 aromatic rings. The molecular formula is C86H80BN3. The van der Waals surface area contributed by atoms with Gasteiger partial charge in [-0.25, -0.2) is 0 Å². The molecule has 442 valence electrons. The number of nitrogens with zero attached hydrogens (tertiary/aromatic N) is 3. The second kappa shape index (κ2) is 20.2. The van der Waals surface area contributed by atoms with Gasteiger partial charge in [-0.05, 0) is 208 Å². The lowest BCUT2D eigenvalue weighted by molar-refractivity contribution is 0.332. The van der Waals surface area contributed by atoms with Gasteiger partial charge in [-0.3, -0.25) is 0 Å². The van der Waals surface area contributed by atoms with Gasteiger partial charge in [0, 0.05) is 50.6 Å². The van der Waals surface area contributed by atoms with Crippen molar-refractivity contribution in [2.45, 2.75) is 129 Å². The van der Waals surface area contributed by atoms with Crippen LogP contribution in [0.25, 0.3) is 72.0 Å². The Morgan fingerprint density at radius 1 is 0.311 bits per heavy atom. The Morgan fingerprint density at radius 3 is 1.17 bits per heavy atom. The van der Waals surface area contributed by atoms with Gasteiger partial charge in [-0.15, -0.1) is 0 Å². The topological polar surface area (TPSA) is 11.4 Å². The quantitative estimate of drug-likeness (QED) is 0.147. The molecule has 2 aliphatic carbocycles. The number of hydrogen-bond donors (Lipinski definition) is 0. The Balaban J connectivity index is 0.934. The average molecular weight is 1170 g/mol. The molecule has 1 aromatic heterocycles. The van der Waals surface area contributed by atoms with Gasteiger partial charge < -0.3 is 14.4 Å². The van der Waals surface area contributed by atoms with Crippen LogP contribution in [0.1, 0.15) is 130 Å². The van der Waals surface area contributed by atoms with Gasteiger partial charge in [0.1, 0.15) is 0 Å². The number of fused-ring (bicyclic) bond motifs is 9. The maximum atomic E-state index is 2.60. The third kappa shape index (κ3) is 8.98. The third-order valence-corrected chi connectivity index (χ3v) is 21.7. The highest BCUT2D eigenvalue weighted by atomic mass is 15.2. The molecule has 2 aliphatic heterocycles. The van der Waals surface area contributed by atoms with Crippen LogP contribution in [0.4, 0.5) is 34.1 Å². The fourth-order valence-electron chi connectivity index (χ4n) is 16.2. The molecule has 3 heterocycles. The van der Waals surface area contributed by atoms with Crippen molar-refractivity contribution in [3.05, 3.63) is 264 Å². The zero-order valence-corrected chi connectivity index (χ0v) is 54.3. The zero-order valence-electron chi connectivity index (χ0n) is 54.3. The summed E-state index contributed by atoms with van der Waals surface area (Å²) in [5.41, 5.74) is 32.0. The molecular weight excluding hydrogens is 1090 g/mol. The molecule has 0 saturated heterocycles. The molecule has 90 heavy (non-hydrogen) atoms.